The molecule has 1 amide bonds. The molecule has 1 atom stereocenters. The first-order chi connectivity index (χ1) is 13.6. The molecule has 6 heteroatoms. The zero-order valence-electron chi connectivity index (χ0n) is 17.0. The SMILES string of the molecule is CCCCCCCCCCCC(=O)N[C@@H](Cc1c[nH]c2ccccc12)C(=O)O.[NaH]. The number of aromatic nitrogens is 1. The molecule has 0 saturated heterocycles. The van der Waals surface area contributed by atoms with E-state index in [1.165, 1.54) is 38.5 Å². The summed E-state index contributed by atoms with van der Waals surface area (Å²) in [7, 11) is 0. The Balaban J connectivity index is 0.00000420. The van der Waals surface area contributed by atoms with Crippen LogP contribution in [0.5, 0.6) is 0 Å². The summed E-state index contributed by atoms with van der Waals surface area (Å²) in [4.78, 5) is 26.9. The zero-order valence-corrected chi connectivity index (χ0v) is 17.0. The second kappa shape index (κ2) is 14.6. The molecule has 1 aromatic carbocycles. The number of amides is 1. The fourth-order valence-corrected chi connectivity index (χ4v) is 3.58. The average molecular weight is 411 g/mol. The van der Waals surface area contributed by atoms with E-state index in [1.54, 1.807) is 0 Å². The number of unbranched alkanes of at least 4 members (excludes halogenated alkanes) is 8. The molecule has 156 valence electrons. The van der Waals surface area contributed by atoms with Crippen molar-refractivity contribution in [1.82, 2.24) is 10.3 Å². The maximum atomic E-state index is 12.2. The topological polar surface area (TPSA) is 82.2 Å². The molecule has 1 aromatic heterocycles. The Morgan fingerprint density at radius 2 is 1.62 bits per heavy atom. The maximum absolute atomic E-state index is 12.2. The Morgan fingerprint density at radius 3 is 2.28 bits per heavy atom. The number of carboxylic acids is 1. The Labute approximate surface area is 196 Å². The fraction of sp³-hybridized carbons (Fsp3) is 0.565. The number of carboxylic acid groups (broad SMARTS) is 1. The van der Waals surface area contributed by atoms with E-state index in [9.17, 15) is 14.7 Å². The molecule has 2 aromatic rings. The van der Waals surface area contributed by atoms with E-state index in [0.717, 1.165) is 35.7 Å². The van der Waals surface area contributed by atoms with Gasteiger partial charge < -0.3 is 15.4 Å². The summed E-state index contributed by atoms with van der Waals surface area (Å²) in [5, 5.41) is 13.2. The number of fused-ring (bicyclic) bond motifs is 1. The molecular weight excluding hydrogens is 375 g/mol. The molecule has 0 fully saturated rings. The van der Waals surface area contributed by atoms with Crippen molar-refractivity contribution in [2.45, 2.75) is 83.6 Å². The molecule has 29 heavy (non-hydrogen) atoms. The van der Waals surface area contributed by atoms with Crippen LogP contribution in [0.1, 0.15) is 76.7 Å². The van der Waals surface area contributed by atoms with Gasteiger partial charge in [0.25, 0.3) is 0 Å². The Bertz CT molecular complexity index is 745. The van der Waals surface area contributed by atoms with E-state index in [2.05, 4.69) is 17.2 Å². The van der Waals surface area contributed by atoms with Gasteiger partial charge >= 0.3 is 35.5 Å². The van der Waals surface area contributed by atoms with Gasteiger partial charge in [0.1, 0.15) is 6.04 Å². The molecular formula is C23H35N2NaO3. The van der Waals surface area contributed by atoms with Crippen molar-refractivity contribution in [2.75, 3.05) is 0 Å². The summed E-state index contributed by atoms with van der Waals surface area (Å²) >= 11 is 0. The van der Waals surface area contributed by atoms with Crippen molar-refractivity contribution >= 4 is 52.3 Å². The second-order valence-electron chi connectivity index (χ2n) is 7.60. The molecule has 0 spiro atoms. The van der Waals surface area contributed by atoms with Gasteiger partial charge in [-0.05, 0) is 18.1 Å². The van der Waals surface area contributed by atoms with Crippen LogP contribution in [0.4, 0.5) is 0 Å². The number of H-pyrrole nitrogens is 1. The number of carbonyl (C=O) groups excluding carboxylic acids is 1. The molecule has 0 radical (unpaired) electrons. The Kier molecular flexibility index (Phi) is 13.0. The Morgan fingerprint density at radius 1 is 1.00 bits per heavy atom. The van der Waals surface area contributed by atoms with Gasteiger partial charge in [0.15, 0.2) is 0 Å². The molecule has 0 aliphatic carbocycles. The third kappa shape index (κ3) is 9.37. The number of aliphatic carboxylic acids is 1. The van der Waals surface area contributed by atoms with Gasteiger partial charge in [-0.15, -0.1) is 0 Å². The first-order valence-electron chi connectivity index (χ1n) is 10.7. The quantitative estimate of drug-likeness (QED) is 0.316. The van der Waals surface area contributed by atoms with Gasteiger partial charge in [-0.25, -0.2) is 4.79 Å². The van der Waals surface area contributed by atoms with E-state index in [-0.39, 0.29) is 41.9 Å². The minimum atomic E-state index is -0.995. The summed E-state index contributed by atoms with van der Waals surface area (Å²) in [6.45, 7) is 2.22. The van der Waals surface area contributed by atoms with E-state index < -0.39 is 12.0 Å². The number of carbonyl (C=O) groups is 2. The van der Waals surface area contributed by atoms with Gasteiger partial charge in [0.2, 0.25) is 5.91 Å². The third-order valence-electron chi connectivity index (χ3n) is 5.24. The number of nitrogens with one attached hydrogen (secondary N) is 2. The van der Waals surface area contributed by atoms with Gasteiger partial charge in [-0.3, -0.25) is 4.79 Å². The molecule has 1 heterocycles. The third-order valence-corrected chi connectivity index (χ3v) is 5.24. The van der Waals surface area contributed by atoms with Crippen molar-refractivity contribution < 1.29 is 14.7 Å². The second-order valence-corrected chi connectivity index (χ2v) is 7.60. The summed E-state index contributed by atoms with van der Waals surface area (Å²) in [5.41, 5.74) is 1.88. The van der Waals surface area contributed by atoms with Crippen molar-refractivity contribution in [3.05, 3.63) is 36.0 Å². The molecule has 0 aliphatic heterocycles. The number of rotatable bonds is 14. The van der Waals surface area contributed by atoms with Gasteiger partial charge in [0, 0.05) is 29.9 Å². The number of aromatic amines is 1. The van der Waals surface area contributed by atoms with Gasteiger partial charge in [-0.2, -0.15) is 0 Å². The van der Waals surface area contributed by atoms with Crippen molar-refractivity contribution in [2.24, 2.45) is 0 Å². The molecule has 0 aliphatic rings. The summed E-state index contributed by atoms with van der Waals surface area (Å²) in [6.07, 6.45) is 13.2. The summed E-state index contributed by atoms with van der Waals surface area (Å²) in [5.74, 6) is -1.17. The number of hydrogen-bond acceptors (Lipinski definition) is 2. The van der Waals surface area contributed by atoms with Gasteiger partial charge in [-0.1, -0.05) is 76.5 Å². The monoisotopic (exact) mass is 410 g/mol. The summed E-state index contributed by atoms with van der Waals surface area (Å²) < 4.78 is 0. The summed E-state index contributed by atoms with van der Waals surface area (Å²) in [6, 6.07) is 6.88. The van der Waals surface area contributed by atoms with Crippen LogP contribution in [0.3, 0.4) is 0 Å². The average Bonchev–Trinajstić information content (AvgIpc) is 3.09. The molecule has 5 nitrogen and oxygen atoms in total. The normalized spacial score (nSPS) is 11.8. The zero-order chi connectivity index (χ0) is 20.2. The minimum absolute atomic E-state index is 0. The number of hydrogen-bond donors (Lipinski definition) is 3. The predicted molar refractivity (Wildman–Crippen MR) is 121 cm³/mol. The van der Waals surface area contributed by atoms with E-state index in [1.807, 2.05) is 30.5 Å². The first-order valence-corrected chi connectivity index (χ1v) is 10.7. The van der Waals surface area contributed by atoms with Crippen molar-refractivity contribution in [3.8, 4) is 0 Å². The molecule has 0 unspecified atom stereocenters. The van der Waals surface area contributed by atoms with Gasteiger partial charge in [0.05, 0.1) is 0 Å². The van der Waals surface area contributed by atoms with Crippen LogP contribution in [-0.4, -0.2) is 57.6 Å². The van der Waals surface area contributed by atoms with Crippen LogP contribution >= 0.6 is 0 Å². The standard InChI is InChI=1S/C23H34N2O3.Na.H/c1-2-3-4-5-6-7-8-9-10-15-22(26)25-21(23(27)28)16-18-17-24-20-14-12-11-13-19(18)20;;/h11-14,17,21,24H,2-10,15-16H2,1H3,(H,25,26)(H,27,28);;/t21-;;/m0../s1. The van der Waals surface area contributed by atoms with Crippen LogP contribution in [-0.2, 0) is 16.0 Å². The molecule has 2 rings (SSSR count). The van der Waals surface area contributed by atoms with Crippen LogP contribution in [0.2, 0.25) is 0 Å². The van der Waals surface area contributed by atoms with E-state index >= 15 is 0 Å². The van der Waals surface area contributed by atoms with Crippen LogP contribution < -0.4 is 5.32 Å². The molecule has 3 N–H and O–H groups in total. The Hall–Kier alpha value is -1.30. The van der Waals surface area contributed by atoms with E-state index in [0.29, 0.717) is 6.42 Å². The fourth-order valence-electron chi connectivity index (χ4n) is 3.58. The predicted octanol–water partition coefficient (Wildman–Crippen LogP) is 4.55. The molecule has 0 saturated carbocycles. The van der Waals surface area contributed by atoms with E-state index in [4.69, 9.17) is 0 Å². The van der Waals surface area contributed by atoms with Crippen molar-refractivity contribution in [3.63, 3.8) is 0 Å². The first kappa shape index (κ1) is 25.7. The number of benzene rings is 1. The van der Waals surface area contributed by atoms with Crippen LogP contribution in [0, 0.1) is 0 Å². The number of para-hydroxylation sites is 1. The van der Waals surface area contributed by atoms with Crippen LogP contribution in [0.25, 0.3) is 10.9 Å². The molecule has 0 bridgehead atoms. The van der Waals surface area contributed by atoms with Crippen LogP contribution in [0.15, 0.2) is 30.5 Å². The van der Waals surface area contributed by atoms with Crippen molar-refractivity contribution in [1.29, 1.82) is 0 Å².